The monoisotopic (exact) mass is 338 g/mol. The third-order valence-electron chi connectivity index (χ3n) is 5.60. The molecule has 0 fully saturated rings. The fraction of sp³-hybridized carbons (Fsp3) is 0.200. The molecule has 2 aliphatic carbocycles. The number of allylic oxidation sites excluding steroid dienone is 4. The predicted molar refractivity (Wildman–Crippen MR) is 108 cm³/mol. The van der Waals surface area contributed by atoms with Crippen LogP contribution >= 0.6 is 0 Å². The number of hydrogen-bond donors (Lipinski definition) is 0. The van der Waals surface area contributed by atoms with E-state index in [1.807, 2.05) is 6.07 Å². The van der Waals surface area contributed by atoms with Crippen LogP contribution in [-0.4, -0.2) is 0 Å². The van der Waals surface area contributed by atoms with E-state index in [2.05, 4.69) is 66.7 Å². The standard InChI is InChI=1S/C25H22O/c1-2-7-18(8-3-1)17-26-24-12-6-10-20-14-15-22-21-11-5-4-9-19(21)13-16-23(22)25(20)24/h1-3,5-8,10-12,14-15H,4,9,13,16-17H2. The van der Waals surface area contributed by atoms with Gasteiger partial charge >= 0.3 is 0 Å². The van der Waals surface area contributed by atoms with E-state index in [0.29, 0.717) is 6.61 Å². The molecule has 3 aromatic rings. The number of ether oxygens (including phenoxy) is 1. The summed E-state index contributed by atoms with van der Waals surface area (Å²) in [7, 11) is 0. The Kier molecular flexibility index (Phi) is 3.86. The predicted octanol–water partition coefficient (Wildman–Crippen LogP) is 6.47. The van der Waals surface area contributed by atoms with Crippen LogP contribution in [-0.2, 0) is 13.0 Å². The molecule has 0 saturated heterocycles. The van der Waals surface area contributed by atoms with Gasteiger partial charge in [0.1, 0.15) is 12.4 Å². The summed E-state index contributed by atoms with van der Waals surface area (Å²) in [6.45, 7) is 0.609. The van der Waals surface area contributed by atoms with Gasteiger partial charge in [-0.15, -0.1) is 0 Å². The number of fused-ring (bicyclic) bond motifs is 4. The van der Waals surface area contributed by atoms with Gasteiger partial charge in [-0.2, -0.15) is 0 Å². The lowest BCUT2D eigenvalue weighted by molar-refractivity contribution is 0.310. The highest BCUT2D eigenvalue weighted by molar-refractivity contribution is 5.97. The van der Waals surface area contributed by atoms with E-state index < -0.39 is 0 Å². The zero-order chi connectivity index (χ0) is 17.3. The van der Waals surface area contributed by atoms with Crippen LogP contribution in [0.1, 0.15) is 36.0 Å². The van der Waals surface area contributed by atoms with Crippen molar-refractivity contribution in [2.45, 2.75) is 32.3 Å². The highest BCUT2D eigenvalue weighted by Crippen LogP contribution is 2.42. The molecule has 2 aliphatic rings. The Balaban J connectivity index is 1.60. The Bertz CT molecular complexity index is 1020. The Morgan fingerprint density at radius 3 is 2.65 bits per heavy atom. The summed E-state index contributed by atoms with van der Waals surface area (Å²) < 4.78 is 6.27. The molecule has 0 radical (unpaired) electrons. The molecule has 0 aliphatic heterocycles. The molecule has 1 heteroatoms. The minimum Gasteiger partial charge on any atom is -0.488 e. The lowest BCUT2D eigenvalue weighted by Crippen LogP contribution is -2.08. The molecular weight excluding hydrogens is 316 g/mol. The van der Waals surface area contributed by atoms with Crippen LogP contribution in [0, 0.1) is 0 Å². The number of benzene rings is 3. The molecule has 5 rings (SSSR count). The van der Waals surface area contributed by atoms with Gasteiger partial charge in [0.2, 0.25) is 0 Å². The van der Waals surface area contributed by atoms with Crippen molar-refractivity contribution in [2.24, 2.45) is 0 Å². The van der Waals surface area contributed by atoms with Gasteiger partial charge in [-0.1, -0.05) is 72.3 Å². The van der Waals surface area contributed by atoms with Gasteiger partial charge in [0.05, 0.1) is 0 Å². The lowest BCUT2D eigenvalue weighted by atomic mass is 9.79. The average molecular weight is 338 g/mol. The molecule has 0 atom stereocenters. The first-order chi connectivity index (χ1) is 12.9. The van der Waals surface area contributed by atoms with E-state index >= 15 is 0 Å². The summed E-state index contributed by atoms with van der Waals surface area (Å²) in [5.74, 6) is 1.01. The summed E-state index contributed by atoms with van der Waals surface area (Å²) in [6, 6.07) is 21.4. The normalized spacial score (nSPS) is 15.7. The highest BCUT2D eigenvalue weighted by Gasteiger charge is 2.22. The van der Waals surface area contributed by atoms with Crippen LogP contribution in [0.25, 0.3) is 16.3 Å². The van der Waals surface area contributed by atoms with Crippen molar-refractivity contribution in [3.05, 3.63) is 95.1 Å². The van der Waals surface area contributed by atoms with Gasteiger partial charge in [0.15, 0.2) is 0 Å². The molecular formula is C25H22O. The van der Waals surface area contributed by atoms with Crippen LogP contribution in [0.15, 0.2) is 78.4 Å². The minimum absolute atomic E-state index is 0.609. The van der Waals surface area contributed by atoms with Crippen molar-refractivity contribution in [3.63, 3.8) is 0 Å². The molecule has 0 heterocycles. The summed E-state index contributed by atoms with van der Waals surface area (Å²) in [5, 5.41) is 2.57. The number of rotatable bonds is 3. The minimum atomic E-state index is 0.609. The summed E-state index contributed by atoms with van der Waals surface area (Å²) >= 11 is 0. The third kappa shape index (κ3) is 2.64. The Morgan fingerprint density at radius 1 is 0.808 bits per heavy atom. The van der Waals surface area contributed by atoms with Crippen molar-refractivity contribution < 1.29 is 4.74 Å². The Hall–Kier alpha value is -2.80. The molecule has 0 spiro atoms. The van der Waals surface area contributed by atoms with Crippen LogP contribution in [0.5, 0.6) is 5.75 Å². The van der Waals surface area contributed by atoms with E-state index in [-0.39, 0.29) is 0 Å². The second-order valence-electron chi connectivity index (χ2n) is 7.18. The fourth-order valence-electron chi connectivity index (χ4n) is 4.31. The molecule has 0 unspecified atom stereocenters. The summed E-state index contributed by atoms with van der Waals surface area (Å²) in [6.07, 6.45) is 9.35. The zero-order valence-electron chi connectivity index (χ0n) is 14.9. The van der Waals surface area contributed by atoms with Gasteiger partial charge in [0, 0.05) is 5.39 Å². The molecule has 3 aromatic carbocycles. The highest BCUT2D eigenvalue weighted by atomic mass is 16.5. The largest absolute Gasteiger partial charge is 0.488 e. The second-order valence-corrected chi connectivity index (χ2v) is 7.18. The van der Waals surface area contributed by atoms with Crippen LogP contribution in [0.3, 0.4) is 0 Å². The van der Waals surface area contributed by atoms with Gasteiger partial charge in [-0.3, -0.25) is 0 Å². The fourth-order valence-corrected chi connectivity index (χ4v) is 4.31. The van der Waals surface area contributed by atoms with Crippen LogP contribution < -0.4 is 4.74 Å². The lowest BCUT2D eigenvalue weighted by Gasteiger charge is -2.26. The number of aryl methyl sites for hydroxylation is 1. The Morgan fingerprint density at radius 2 is 1.73 bits per heavy atom. The molecule has 0 amide bonds. The van der Waals surface area contributed by atoms with Crippen molar-refractivity contribution in [2.75, 3.05) is 0 Å². The van der Waals surface area contributed by atoms with Crippen molar-refractivity contribution in [1.82, 2.24) is 0 Å². The summed E-state index contributed by atoms with van der Waals surface area (Å²) in [5.41, 5.74) is 7.15. The molecule has 0 aromatic heterocycles. The van der Waals surface area contributed by atoms with Crippen LogP contribution in [0.2, 0.25) is 0 Å². The zero-order valence-corrected chi connectivity index (χ0v) is 14.9. The van der Waals surface area contributed by atoms with Crippen molar-refractivity contribution in [1.29, 1.82) is 0 Å². The first-order valence-electron chi connectivity index (χ1n) is 9.50. The van der Waals surface area contributed by atoms with E-state index in [1.54, 1.807) is 5.57 Å². The molecule has 0 bridgehead atoms. The molecule has 0 N–H and O–H groups in total. The summed E-state index contributed by atoms with van der Waals surface area (Å²) in [4.78, 5) is 0. The molecule has 1 nitrogen and oxygen atoms in total. The SMILES string of the molecule is C1=CC2=C(CC1)CCc1c2ccc2cccc(OCc3ccccc3)c12. The van der Waals surface area contributed by atoms with Gasteiger partial charge < -0.3 is 4.74 Å². The van der Waals surface area contributed by atoms with E-state index in [1.165, 1.54) is 52.3 Å². The maximum absolute atomic E-state index is 6.27. The first-order valence-corrected chi connectivity index (χ1v) is 9.50. The first kappa shape index (κ1) is 15.5. The molecule has 0 saturated carbocycles. The van der Waals surface area contributed by atoms with Gasteiger partial charge in [-0.25, -0.2) is 0 Å². The number of hydrogen-bond acceptors (Lipinski definition) is 1. The topological polar surface area (TPSA) is 9.23 Å². The van der Waals surface area contributed by atoms with E-state index in [0.717, 1.165) is 12.2 Å². The van der Waals surface area contributed by atoms with Crippen molar-refractivity contribution in [3.8, 4) is 5.75 Å². The maximum Gasteiger partial charge on any atom is 0.127 e. The smallest absolute Gasteiger partial charge is 0.127 e. The molecule has 26 heavy (non-hydrogen) atoms. The van der Waals surface area contributed by atoms with Gasteiger partial charge in [0.25, 0.3) is 0 Å². The van der Waals surface area contributed by atoms with Crippen molar-refractivity contribution >= 4 is 16.3 Å². The van der Waals surface area contributed by atoms with Gasteiger partial charge in [-0.05, 0) is 59.4 Å². The third-order valence-corrected chi connectivity index (χ3v) is 5.60. The van der Waals surface area contributed by atoms with E-state index in [4.69, 9.17) is 4.74 Å². The maximum atomic E-state index is 6.27. The average Bonchev–Trinajstić information content (AvgIpc) is 2.72. The Labute approximate surface area is 154 Å². The van der Waals surface area contributed by atoms with Crippen LogP contribution in [0.4, 0.5) is 0 Å². The second kappa shape index (κ2) is 6.49. The quantitative estimate of drug-likeness (QED) is 0.532. The van der Waals surface area contributed by atoms with E-state index in [9.17, 15) is 0 Å². The molecule has 128 valence electrons.